The molecule has 2 aliphatic carbocycles. The number of pyridine rings is 1. The first kappa shape index (κ1) is 25.0. The second-order valence-electron chi connectivity index (χ2n) is 9.67. The number of hydrogen-bond donors (Lipinski definition) is 2. The number of nitrogens with two attached hydrogens (primary N) is 1. The predicted molar refractivity (Wildman–Crippen MR) is 127 cm³/mol. The number of alkyl halides is 4. The highest BCUT2D eigenvalue weighted by molar-refractivity contribution is 9.10. The van der Waals surface area contributed by atoms with Crippen molar-refractivity contribution in [1.82, 2.24) is 19.7 Å². The van der Waals surface area contributed by atoms with E-state index >= 15 is 8.78 Å². The lowest BCUT2D eigenvalue weighted by Gasteiger charge is -2.28. The molecule has 2 aliphatic rings. The molecule has 6 rings (SSSR count). The molecule has 38 heavy (non-hydrogen) atoms. The lowest BCUT2D eigenvalue weighted by atomic mass is 9.87. The number of carbonyl (C=O) groups is 1. The summed E-state index contributed by atoms with van der Waals surface area (Å²) in [6.07, 6.45) is -1.81. The Hall–Kier alpha value is -3.35. The molecule has 0 saturated heterocycles. The van der Waals surface area contributed by atoms with E-state index in [1.165, 1.54) is 0 Å². The molecule has 1 saturated carbocycles. The summed E-state index contributed by atoms with van der Waals surface area (Å²) in [6, 6.07) is 4.25. The van der Waals surface area contributed by atoms with Crippen LogP contribution in [0.2, 0.25) is 0 Å². The Morgan fingerprint density at radius 3 is 2.55 bits per heavy atom. The number of carbonyl (C=O) groups excluding carboxylic acids is 1. The molecule has 0 aliphatic heterocycles. The number of aromatic amines is 1. The van der Waals surface area contributed by atoms with Gasteiger partial charge in [-0.05, 0) is 64.5 Å². The molecule has 6 nitrogen and oxygen atoms in total. The maximum absolute atomic E-state index is 15.4. The van der Waals surface area contributed by atoms with Crippen LogP contribution in [0.5, 0.6) is 0 Å². The van der Waals surface area contributed by atoms with Gasteiger partial charge in [0, 0.05) is 34.1 Å². The molecule has 198 valence electrons. The summed E-state index contributed by atoms with van der Waals surface area (Å²) in [5.74, 6) is -9.61. The third-order valence-corrected chi connectivity index (χ3v) is 7.94. The lowest BCUT2D eigenvalue weighted by molar-refractivity contribution is -0.122. The quantitative estimate of drug-likeness (QED) is 0.256. The van der Waals surface area contributed by atoms with Crippen molar-refractivity contribution >= 4 is 32.9 Å². The summed E-state index contributed by atoms with van der Waals surface area (Å²) in [5, 5.41) is 3.82. The van der Waals surface area contributed by atoms with Crippen molar-refractivity contribution in [2.45, 2.75) is 43.1 Å². The Labute approximate surface area is 219 Å². The number of rotatable bonds is 7. The molecule has 3 aromatic heterocycles. The van der Waals surface area contributed by atoms with Gasteiger partial charge in [0.05, 0.1) is 16.7 Å². The van der Waals surface area contributed by atoms with Gasteiger partial charge in [0.2, 0.25) is 5.91 Å². The molecule has 4 aromatic rings. The van der Waals surface area contributed by atoms with Gasteiger partial charge in [-0.2, -0.15) is 13.9 Å². The number of primary amides is 1. The number of halogens is 7. The average Bonchev–Trinajstić information content (AvgIpc) is 3.22. The van der Waals surface area contributed by atoms with Crippen molar-refractivity contribution in [3.8, 4) is 0 Å². The molecule has 13 heteroatoms. The number of benzene rings is 1. The minimum atomic E-state index is -3.52. The summed E-state index contributed by atoms with van der Waals surface area (Å²) < 4.78 is 87.8. The topological polar surface area (TPSA) is 89.6 Å². The summed E-state index contributed by atoms with van der Waals surface area (Å²) in [5.41, 5.74) is 5.19. The zero-order chi connectivity index (χ0) is 27.1. The van der Waals surface area contributed by atoms with Crippen LogP contribution in [0.4, 0.5) is 26.3 Å². The van der Waals surface area contributed by atoms with Crippen LogP contribution in [0.25, 0.3) is 11.0 Å². The van der Waals surface area contributed by atoms with Crippen molar-refractivity contribution in [2.75, 3.05) is 0 Å². The smallest absolute Gasteiger partial charge is 0.293 e. The zero-order valence-electron chi connectivity index (χ0n) is 19.2. The van der Waals surface area contributed by atoms with E-state index in [-0.39, 0.29) is 29.7 Å². The van der Waals surface area contributed by atoms with Gasteiger partial charge in [0.25, 0.3) is 12.3 Å². The summed E-state index contributed by atoms with van der Waals surface area (Å²) in [6.45, 7) is 0. The second kappa shape index (κ2) is 8.58. The first-order chi connectivity index (χ1) is 18.0. The second-order valence-corrected chi connectivity index (χ2v) is 10.5. The third-order valence-electron chi connectivity index (χ3n) is 7.30. The van der Waals surface area contributed by atoms with E-state index in [4.69, 9.17) is 5.73 Å². The van der Waals surface area contributed by atoms with Crippen molar-refractivity contribution in [3.05, 3.63) is 80.8 Å². The van der Waals surface area contributed by atoms with Crippen LogP contribution in [0, 0.1) is 17.6 Å². The maximum atomic E-state index is 15.4. The summed E-state index contributed by atoms with van der Waals surface area (Å²) in [4.78, 5) is 20.5. The van der Waals surface area contributed by atoms with Crippen molar-refractivity contribution in [2.24, 2.45) is 11.7 Å². The van der Waals surface area contributed by atoms with Crippen LogP contribution in [0.15, 0.2) is 41.0 Å². The first-order valence-electron chi connectivity index (χ1n) is 11.6. The van der Waals surface area contributed by atoms with E-state index in [1.54, 1.807) is 18.3 Å². The molecule has 0 radical (unpaired) electrons. The van der Waals surface area contributed by atoms with Gasteiger partial charge in [-0.3, -0.25) is 4.79 Å². The Morgan fingerprint density at radius 1 is 1.18 bits per heavy atom. The average molecular weight is 598 g/mol. The Kier molecular flexibility index (Phi) is 5.64. The van der Waals surface area contributed by atoms with Crippen molar-refractivity contribution in [3.63, 3.8) is 0 Å². The monoisotopic (exact) mass is 597 g/mol. The van der Waals surface area contributed by atoms with E-state index in [9.17, 15) is 22.4 Å². The highest BCUT2D eigenvalue weighted by Gasteiger charge is 2.67. The standard InChI is InChI=1S/C25H18BrF6N5O/c26-15-8-17-16(1-2-34-17)35-19(15)13(5-9-3-10(27)6-11(28)4-9)21(24(33)38)37-22-18(20(36-37)23(29)30)12-7-14(12)25(22,31)32/h1-4,6,8,12-14,21,23,34H,5,7H2,(H2,33,38)/t12-,13+,14+,21?/m0/s1. The molecule has 1 aromatic carbocycles. The van der Waals surface area contributed by atoms with Gasteiger partial charge in [-0.25, -0.2) is 27.2 Å². The van der Waals surface area contributed by atoms with E-state index < -0.39 is 65.1 Å². The van der Waals surface area contributed by atoms with Crippen LogP contribution in [-0.2, 0) is 17.1 Å². The minimum Gasteiger partial charge on any atom is -0.368 e. The fourth-order valence-corrected chi connectivity index (χ4v) is 6.29. The highest BCUT2D eigenvalue weighted by Crippen LogP contribution is 2.68. The molecule has 0 spiro atoms. The number of amides is 1. The minimum absolute atomic E-state index is 0.0376. The van der Waals surface area contributed by atoms with Gasteiger partial charge in [-0.15, -0.1) is 0 Å². The highest BCUT2D eigenvalue weighted by atomic mass is 79.9. The van der Waals surface area contributed by atoms with Crippen LogP contribution < -0.4 is 5.73 Å². The molecule has 3 heterocycles. The number of hydrogen-bond acceptors (Lipinski definition) is 3. The Bertz CT molecular complexity index is 1580. The van der Waals surface area contributed by atoms with Gasteiger partial charge < -0.3 is 10.7 Å². The molecule has 0 bridgehead atoms. The third kappa shape index (κ3) is 3.81. The Morgan fingerprint density at radius 2 is 1.89 bits per heavy atom. The summed E-state index contributed by atoms with van der Waals surface area (Å²) in [7, 11) is 0. The van der Waals surface area contributed by atoms with E-state index in [1.807, 2.05) is 0 Å². The van der Waals surface area contributed by atoms with E-state index in [0.717, 1.165) is 12.1 Å². The largest absolute Gasteiger partial charge is 0.368 e. The van der Waals surface area contributed by atoms with Crippen molar-refractivity contribution in [1.29, 1.82) is 0 Å². The van der Waals surface area contributed by atoms with Crippen LogP contribution in [0.3, 0.4) is 0 Å². The van der Waals surface area contributed by atoms with Crippen LogP contribution in [0.1, 0.15) is 58.9 Å². The van der Waals surface area contributed by atoms with Crippen molar-refractivity contribution < 1.29 is 31.1 Å². The molecular weight excluding hydrogens is 580 g/mol. The zero-order valence-corrected chi connectivity index (χ0v) is 20.8. The first-order valence-corrected chi connectivity index (χ1v) is 12.4. The fraction of sp³-hybridized carbons (Fsp3) is 0.320. The Balaban J connectivity index is 1.58. The molecule has 1 fully saturated rings. The molecule has 1 amide bonds. The maximum Gasteiger partial charge on any atom is 0.293 e. The molecule has 4 atom stereocenters. The molecular formula is C25H18BrF6N5O. The number of aromatic nitrogens is 4. The SMILES string of the molecule is NC(=O)C([C@H](Cc1cc(F)cc(F)c1)c1nc2cc[nH]c2cc1Br)n1nc(C(F)F)c2c1C(F)(F)[C@@H]1C[C@H]21. The fourth-order valence-electron chi connectivity index (χ4n) is 5.68. The van der Waals surface area contributed by atoms with E-state index in [0.29, 0.717) is 26.3 Å². The number of H-pyrrole nitrogens is 1. The van der Waals surface area contributed by atoms with Crippen LogP contribution >= 0.6 is 15.9 Å². The van der Waals surface area contributed by atoms with Gasteiger partial charge in [0.15, 0.2) is 0 Å². The normalized spacial score (nSPS) is 20.9. The number of fused-ring (bicyclic) bond motifs is 4. The van der Waals surface area contributed by atoms with Crippen LogP contribution in [-0.4, -0.2) is 25.7 Å². The number of nitrogens with zero attached hydrogens (tertiary/aromatic N) is 3. The molecule has 1 unspecified atom stereocenters. The summed E-state index contributed by atoms with van der Waals surface area (Å²) >= 11 is 3.38. The lowest BCUT2D eigenvalue weighted by Crippen LogP contribution is -2.36. The van der Waals surface area contributed by atoms with Gasteiger partial charge in [-0.1, -0.05) is 0 Å². The number of nitrogens with one attached hydrogen (secondary N) is 1. The van der Waals surface area contributed by atoms with E-state index in [2.05, 4.69) is 31.0 Å². The van der Waals surface area contributed by atoms with Gasteiger partial charge in [0.1, 0.15) is 29.1 Å². The predicted octanol–water partition coefficient (Wildman–Crippen LogP) is 6.00. The molecule has 3 N–H and O–H groups in total. The van der Waals surface area contributed by atoms with Gasteiger partial charge >= 0.3 is 0 Å².